The van der Waals surface area contributed by atoms with E-state index in [2.05, 4.69) is 23.0 Å². The van der Waals surface area contributed by atoms with Crippen LogP contribution >= 0.6 is 0 Å². The molecule has 2 heterocycles. The molecule has 2 N–H and O–H groups in total. The second-order valence-electron chi connectivity index (χ2n) is 4.81. The van der Waals surface area contributed by atoms with Gasteiger partial charge < -0.3 is 10.5 Å². The molecule has 0 amide bonds. The Morgan fingerprint density at radius 1 is 1.30 bits per heavy atom. The van der Waals surface area contributed by atoms with Gasteiger partial charge in [-0.1, -0.05) is 13.0 Å². The lowest BCUT2D eigenvalue weighted by molar-refractivity contribution is 0.321. The number of rotatable bonds is 4. The summed E-state index contributed by atoms with van der Waals surface area (Å²) in [7, 11) is 0. The van der Waals surface area contributed by atoms with Crippen molar-refractivity contribution in [2.24, 2.45) is 4.99 Å². The molecular weight excluding hydrogens is 250 g/mol. The molecule has 0 saturated heterocycles. The second-order valence-corrected chi connectivity index (χ2v) is 4.81. The number of nitrogen functional groups attached to an aromatic ring is 1. The molecule has 102 valence electrons. The Kier molecular flexibility index (Phi) is 3.37. The monoisotopic (exact) mass is 267 g/mol. The van der Waals surface area contributed by atoms with Crippen molar-refractivity contribution in [2.45, 2.75) is 13.3 Å². The summed E-state index contributed by atoms with van der Waals surface area (Å²) < 4.78 is 5.76. The molecule has 1 aromatic heterocycles. The van der Waals surface area contributed by atoms with Gasteiger partial charge in [-0.15, -0.1) is 0 Å². The van der Waals surface area contributed by atoms with Crippen LogP contribution < -0.4 is 10.5 Å². The van der Waals surface area contributed by atoms with Crippen LogP contribution in [0.4, 0.5) is 5.82 Å². The molecule has 0 saturated carbocycles. The van der Waals surface area contributed by atoms with Gasteiger partial charge in [-0.3, -0.25) is 4.99 Å². The van der Waals surface area contributed by atoms with Crippen LogP contribution in [0.2, 0.25) is 0 Å². The summed E-state index contributed by atoms with van der Waals surface area (Å²) in [5.74, 6) is 1.29. The average molecular weight is 267 g/mol. The number of pyridine rings is 1. The lowest BCUT2D eigenvalue weighted by atomic mass is 10.0. The van der Waals surface area contributed by atoms with Gasteiger partial charge in [0.2, 0.25) is 0 Å². The molecule has 0 unspecified atom stereocenters. The van der Waals surface area contributed by atoms with E-state index in [4.69, 9.17) is 10.5 Å². The van der Waals surface area contributed by atoms with Gasteiger partial charge in [-0.05, 0) is 35.8 Å². The van der Waals surface area contributed by atoms with Gasteiger partial charge in [0.05, 0.1) is 18.7 Å². The molecule has 4 heteroatoms. The SMILES string of the molecule is CCCOc1cc(N)nc2cc(C3=CC=NC3)ccc12. The predicted molar refractivity (Wildman–Crippen MR) is 83.3 cm³/mol. The normalized spacial score (nSPS) is 13.8. The molecule has 2 aromatic rings. The third kappa shape index (κ3) is 2.37. The zero-order valence-electron chi connectivity index (χ0n) is 11.5. The van der Waals surface area contributed by atoms with Crippen LogP contribution in [0.3, 0.4) is 0 Å². The number of ether oxygens (including phenoxy) is 1. The molecule has 0 radical (unpaired) electrons. The highest BCUT2D eigenvalue weighted by Gasteiger charge is 2.09. The molecule has 1 aliphatic heterocycles. The van der Waals surface area contributed by atoms with E-state index in [1.54, 1.807) is 6.07 Å². The van der Waals surface area contributed by atoms with E-state index < -0.39 is 0 Å². The maximum atomic E-state index is 5.87. The Balaban J connectivity index is 2.05. The smallest absolute Gasteiger partial charge is 0.132 e. The first-order valence-corrected chi connectivity index (χ1v) is 6.80. The quantitative estimate of drug-likeness (QED) is 0.926. The number of hydrogen-bond acceptors (Lipinski definition) is 4. The molecule has 0 fully saturated rings. The number of aliphatic imine (C=N–C) groups is 1. The molecular formula is C16H17N3O. The van der Waals surface area contributed by atoms with E-state index in [0.29, 0.717) is 12.4 Å². The predicted octanol–water partition coefficient (Wildman–Crippen LogP) is 3.07. The molecule has 1 aromatic carbocycles. The van der Waals surface area contributed by atoms with Crippen molar-refractivity contribution in [3.05, 3.63) is 35.9 Å². The number of nitrogens with zero attached hydrogens (tertiary/aromatic N) is 2. The topological polar surface area (TPSA) is 60.5 Å². The molecule has 4 nitrogen and oxygen atoms in total. The maximum absolute atomic E-state index is 5.87. The van der Waals surface area contributed by atoms with Gasteiger partial charge in [0.1, 0.15) is 11.6 Å². The van der Waals surface area contributed by atoms with Crippen molar-refractivity contribution < 1.29 is 4.74 Å². The summed E-state index contributed by atoms with van der Waals surface area (Å²) in [5, 5.41) is 0.996. The highest BCUT2D eigenvalue weighted by molar-refractivity contribution is 5.94. The molecule has 0 bridgehead atoms. The van der Waals surface area contributed by atoms with Gasteiger partial charge >= 0.3 is 0 Å². The number of aromatic nitrogens is 1. The molecule has 3 rings (SSSR count). The zero-order valence-corrected chi connectivity index (χ0v) is 11.5. The molecule has 20 heavy (non-hydrogen) atoms. The second kappa shape index (κ2) is 5.33. The average Bonchev–Trinajstić information content (AvgIpc) is 2.98. The van der Waals surface area contributed by atoms with Gasteiger partial charge in [0.25, 0.3) is 0 Å². The standard InChI is InChI=1S/C16H17N3O/c1-2-7-20-15-9-16(17)19-14-8-11(3-4-13(14)15)12-5-6-18-10-12/h3-6,8-9H,2,7,10H2,1H3,(H2,17,19). The maximum Gasteiger partial charge on any atom is 0.132 e. The summed E-state index contributed by atoms with van der Waals surface area (Å²) in [5.41, 5.74) is 9.07. The van der Waals surface area contributed by atoms with Gasteiger partial charge in [0, 0.05) is 17.7 Å². The first kappa shape index (κ1) is 12.7. The van der Waals surface area contributed by atoms with Crippen molar-refractivity contribution in [3.63, 3.8) is 0 Å². The van der Waals surface area contributed by atoms with Crippen molar-refractivity contribution in [1.82, 2.24) is 4.98 Å². The third-order valence-electron chi connectivity index (χ3n) is 3.27. The fourth-order valence-corrected chi connectivity index (χ4v) is 2.28. The number of nitrogens with two attached hydrogens (primary N) is 1. The number of anilines is 1. The van der Waals surface area contributed by atoms with Gasteiger partial charge in [-0.2, -0.15) is 0 Å². The number of hydrogen-bond donors (Lipinski definition) is 1. The van der Waals surface area contributed by atoms with E-state index in [1.165, 1.54) is 5.57 Å². The van der Waals surface area contributed by atoms with E-state index in [0.717, 1.165) is 35.2 Å². The van der Waals surface area contributed by atoms with Gasteiger partial charge in [0.15, 0.2) is 0 Å². The molecule has 0 spiro atoms. The van der Waals surface area contributed by atoms with Crippen LogP contribution in [0.15, 0.2) is 35.3 Å². The Hall–Kier alpha value is -2.36. The number of benzene rings is 1. The fraction of sp³-hybridized carbons (Fsp3) is 0.250. The van der Waals surface area contributed by atoms with Crippen LogP contribution in [0.1, 0.15) is 18.9 Å². The number of fused-ring (bicyclic) bond motifs is 1. The minimum Gasteiger partial charge on any atom is -0.493 e. The summed E-state index contributed by atoms with van der Waals surface area (Å²) in [6.45, 7) is 3.49. The van der Waals surface area contributed by atoms with Crippen molar-refractivity contribution >= 4 is 28.5 Å². The lowest BCUT2D eigenvalue weighted by Gasteiger charge is -2.10. The van der Waals surface area contributed by atoms with Gasteiger partial charge in [-0.25, -0.2) is 4.98 Å². The van der Waals surface area contributed by atoms with E-state index in [1.807, 2.05) is 24.4 Å². The fourth-order valence-electron chi connectivity index (χ4n) is 2.28. The summed E-state index contributed by atoms with van der Waals surface area (Å²) >= 11 is 0. The van der Waals surface area contributed by atoms with Crippen molar-refractivity contribution in [1.29, 1.82) is 0 Å². The van der Waals surface area contributed by atoms with Crippen molar-refractivity contribution in [3.8, 4) is 5.75 Å². The summed E-state index contributed by atoms with van der Waals surface area (Å²) in [6, 6.07) is 7.96. The van der Waals surface area contributed by atoms with Crippen LogP contribution in [0.5, 0.6) is 5.75 Å². The Morgan fingerprint density at radius 3 is 2.95 bits per heavy atom. The van der Waals surface area contributed by atoms with E-state index in [-0.39, 0.29) is 0 Å². The molecule has 0 atom stereocenters. The summed E-state index contributed by atoms with van der Waals surface area (Å²) in [6.07, 6.45) is 4.83. The van der Waals surface area contributed by atoms with E-state index in [9.17, 15) is 0 Å². The highest BCUT2D eigenvalue weighted by Crippen LogP contribution is 2.29. The largest absolute Gasteiger partial charge is 0.493 e. The van der Waals surface area contributed by atoms with E-state index >= 15 is 0 Å². The molecule has 0 aliphatic carbocycles. The van der Waals surface area contributed by atoms with Crippen molar-refractivity contribution in [2.75, 3.05) is 18.9 Å². The minimum atomic E-state index is 0.484. The molecule has 1 aliphatic rings. The first-order valence-electron chi connectivity index (χ1n) is 6.80. The third-order valence-corrected chi connectivity index (χ3v) is 3.27. The lowest BCUT2D eigenvalue weighted by Crippen LogP contribution is -1.99. The highest BCUT2D eigenvalue weighted by atomic mass is 16.5. The first-order chi connectivity index (χ1) is 9.78. The Morgan fingerprint density at radius 2 is 2.20 bits per heavy atom. The van der Waals surface area contributed by atoms with Crippen LogP contribution in [0.25, 0.3) is 16.5 Å². The zero-order chi connectivity index (χ0) is 13.9. The summed E-state index contributed by atoms with van der Waals surface area (Å²) in [4.78, 5) is 8.62. The Labute approximate surface area is 118 Å². The number of allylic oxidation sites excluding steroid dienone is 1. The van der Waals surface area contributed by atoms with Crippen LogP contribution in [0, 0.1) is 0 Å². The van der Waals surface area contributed by atoms with Crippen LogP contribution in [-0.4, -0.2) is 24.4 Å². The minimum absolute atomic E-state index is 0.484. The Bertz CT molecular complexity index is 704. The van der Waals surface area contributed by atoms with Crippen LogP contribution in [-0.2, 0) is 0 Å².